The van der Waals surface area contributed by atoms with E-state index in [1.807, 2.05) is 0 Å². The van der Waals surface area contributed by atoms with Crippen molar-refractivity contribution in [3.05, 3.63) is 29.3 Å². The van der Waals surface area contributed by atoms with Crippen LogP contribution < -0.4 is 10.6 Å². The number of nitrogens with one attached hydrogen (secondary N) is 2. The molecule has 7 nitrogen and oxygen atoms in total. The van der Waals surface area contributed by atoms with Crippen molar-refractivity contribution in [2.75, 3.05) is 18.4 Å². The number of hydrogen-bond donors (Lipinski definition) is 2. The van der Waals surface area contributed by atoms with Crippen molar-refractivity contribution in [1.82, 2.24) is 10.2 Å². The summed E-state index contributed by atoms with van der Waals surface area (Å²) >= 11 is 0. The molecule has 0 spiro atoms. The molecule has 2 N–H and O–H groups in total. The molecular weight excluding hydrogens is 396 g/mol. The third kappa shape index (κ3) is 5.06. The number of halogens is 2. The first kappa shape index (κ1) is 22.0. The van der Waals surface area contributed by atoms with Crippen LogP contribution in [0.25, 0.3) is 0 Å². The Hall–Kier alpha value is -2.71. The monoisotopic (exact) mass is 423 g/mol. The van der Waals surface area contributed by atoms with E-state index in [0.717, 1.165) is 0 Å². The van der Waals surface area contributed by atoms with Crippen LogP contribution >= 0.6 is 0 Å². The standard InChI is InChI=1S/C21H27F2N3O4/c1-21(2,3)30-20(29)26-10-8-12(9-11-26)13-4-5-14(18(23)17(13)22)24-15-6-7-16(27)25-19(15)28/h4-5,12,15,24H,6-11H2,1-3H3,(H,25,27,28). The third-order valence-corrected chi connectivity index (χ3v) is 5.27. The van der Waals surface area contributed by atoms with Gasteiger partial charge < -0.3 is 15.0 Å². The summed E-state index contributed by atoms with van der Waals surface area (Å²) < 4.78 is 34.8. The molecule has 164 valence electrons. The Bertz CT molecular complexity index is 845. The van der Waals surface area contributed by atoms with E-state index in [9.17, 15) is 23.2 Å². The van der Waals surface area contributed by atoms with Gasteiger partial charge in [-0.2, -0.15) is 0 Å². The average Bonchev–Trinajstić information content (AvgIpc) is 2.66. The molecule has 2 aliphatic heterocycles. The predicted molar refractivity (Wildman–Crippen MR) is 106 cm³/mol. The molecule has 9 heteroatoms. The predicted octanol–water partition coefficient (Wildman–Crippen LogP) is 3.30. The average molecular weight is 423 g/mol. The molecule has 1 atom stereocenters. The van der Waals surface area contributed by atoms with Crippen molar-refractivity contribution < 1.29 is 27.9 Å². The summed E-state index contributed by atoms with van der Waals surface area (Å²) in [5.41, 5.74) is -0.448. The highest BCUT2D eigenvalue weighted by Crippen LogP contribution is 2.33. The molecule has 0 saturated carbocycles. The highest BCUT2D eigenvalue weighted by molar-refractivity contribution is 6.01. The van der Waals surface area contributed by atoms with Gasteiger partial charge in [-0.15, -0.1) is 0 Å². The first-order chi connectivity index (χ1) is 14.0. The molecule has 2 fully saturated rings. The first-order valence-electron chi connectivity index (χ1n) is 10.1. The first-order valence-corrected chi connectivity index (χ1v) is 10.1. The van der Waals surface area contributed by atoms with Gasteiger partial charge in [0.25, 0.3) is 0 Å². The van der Waals surface area contributed by atoms with E-state index >= 15 is 0 Å². The Kier molecular flexibility index (Phi) is 6.28. The van der Waals surface area contributed by atoms with Gasteiger partial charge in [0, 0.05) is 19.5 Å². The summed E-state index contributed by atoms with van der Waals surface area (Å²) in [4.78, 5) is 36.8. The van der Waals surface area contributed by atoms with Crippen molar-refractivity contribution >= 4 is 23.6 Å². The molecule has 0 bridgehead atoms. The van der Waals surface area contributed by atoms with Gasteiger partial charge in [-0.1, -0.05) is 6.07 Å². The molecule has 2 aliphatic rings. The third-order valence-electron chi connectivity index (χ3n) is 5.27. The number of ether oxygens (including phenoxy) is 1. The zero-order valence-electron chi connectivity index (χ0n) is 17.4. The van der Waals surface area contributed by atoms with Crippen LogP contribution in [0.3, 0.4) is 0 Å². The van der Waals surface area contributed by atoms with Gasteiger partial charge in [0.05, 0.1) is 5.69 Å². The van der Waals surface area contributed by atoms with Crippen molar-refractivity contribution in [2.24, 2.45) is 0 Å². The number of nitrogens with zero attached hydrogens (tertiary/aromatic N) is 1. The van der Waals surface area contributed by atoms with Gasteiger partial charge in [-0.25, -0.2) is 13.6 Å². The molecule has 0 radical (unpaired) electrons. The van der Waals surface area contributed by atoms with Crippen LogP contribution in [0, 0.1) is 11.6 Å². The Morgan fingerprint density at radius 3 is 2.40 bits per heavy atom. The topological polar surface area (TPSA) is 87.7 Å². The largest absolute Gasteiger partial charge is 0.444 e. The van der Waals surface area contributed by atoms with Crippen LogP contribution in [0.4, 0.5) is 19.3 Å². The van der Waals surface area contributed by atoms with Gasteiger partial charge in [0.2, 0.25) is 11.8 Å². The Labute approximate surface area is 174 Å². The second-order valence-corrected chi connectivity index (χ2v) is 8.72. The van der Waals surface area contributed by atoms with Gasteiger partial charge in [0.1, 0.15) is 11.6 Å². The lowest BCUT2D eigenvalue weighted by Crippen LogP contribution is -2.47. The van der Waals surface area contributed by atoms with Crippen molar-refractivity contribution in [1.29, 1.82) is 0 Å². The number of carbonyl (C=O) groups is 3. The molecule has 0 aromatic heterocycles. The molecule has 1 aromatic rings. The number of imide groups is 1. The summed E-state index contributed by atoms with van der Waals surface area (Å²) in [5, 5.41) is 4.86. The minimum Gasteiger partial charge on any atom is -0.444 e. The van der Waals surface area contributed by atoms with E-state index in [4.69, 9.17) is 4.74 Å². The van der Waals surface area contributed by atoms with Crippen LogP contribution in [0.2, 0.25) is 0 Å². The van der Waals surface area contributed by atoms with Crippen molar-refractivity contribution in [3.8, 4) is 0 Å². The van der Waals surface area contributed by atoms with Crippen LogP contribution in [-0.2, 0) is 14.3 Å². The Morgan fingerprint density at radius 2 is 1.80 bits per heavy atom. The Morgan fingerprint density at radius 1 is 1.13 bits per heavy atom. The summed E-state index contributed by atoms with van der Waals surface area (Å²) in [6, 6.07) is 2.14. The van der Waals surface area contributed by atoms with E-state index in [1.165, 1.54) is 12.1 Å². The van der Waals surface area contributed by atoms with Crippen molar-refractivity contribution in [3.63, 3.8) is 0 Å². The summed E-state index contributed by atoms with van der Waals surface area (Å²) in [6.07, 6.45) is 0.945. The number of anilines is 1. The number of amides is 3. The number of hydrogen-bond acceptors (Lipinski definition) is 5. The lowest BCUT2D eigenvalue weighted by atomic mass is 9.89. The summed E-state index contributed by atoms with van der Waals surface area (Å²) in [5.74, 6) is -3.15. The Balaban J connectivity index is 1.64. The maximum Gasteiger partial charge on any atom is 0.410 e. The fourth-order valence-corrected chi connectivity index (χ4v) is 3.71. The summed E-state index contributed by atoms with van der Waals surface area (Å²) in [6.45, 7) is 6.18. The molecule has 0 aliphatic carbocycles. The molecule has 3 amide bonds. The summed E-state index contributed by atoms with van der Waals surface area (Å²) in [7, 11) is 0. The second kappa shape index (κ2) is 8.57. The SMILES string of the molecule is CC(C)(C)OC(=O)N1CCC(c2ccc(NC3CCC(=O)NC3=O)c(F)c2F)CC1. The second-order valence-electron chi connectivity index (χ2n) is 8.72. The van der Waals surface area contributed by atoms with Crippen molar-refractivity contribution in [2.45, 2.75) is 64.0 Å². The number of carbonyl (C=O) groups excluding carboxylic acids is 3. The number of piperidine rings is 2. The number of likely N-dealkylation sites (tertiary alicyclic amines) is 1. The zero-order chi connectivity index (χ0) is 22.1. The van der Waals surface area contributed by atoms with Crippen LogP contribution in [0.1, 0.15) is 57.9 Å². The van der Waals surface area contributed by atoms with Gasteiger partial charge in [-0.05, 0) is 57.6 Å². The van der Waals surface area contributed by atoms with E-state index in [-0.39, 0.29) is 35.9 Å². The number of rotatable bonds is 3. The maximum atomic E-state index is 14.8. The highest BCUT2D eigenvalue weighted by Gasteiger charge is 2.31. The number of benzene rings is 1. The van der Waals surface area contributed by atoms with Gasteiger partial charge in [-0.3, -0.25) is 14.9 Å². The highest BCUT2D eigenvalue weighted by atomic mass is 19.2. The zero-order valence-corrected chi connectivity index (χ0v) is 17.4. The molecule has 1 aromatic carbocycles. The smallest absolute Gasteiger partial charge is 0.410 e. The van der Waals surface area contributed by atoms with Crippen LogP contribution in [0.15, 0.2) is 12.1 Å². The molecule has 30 heavy (non-hydrogen) atoms. The molecule has 3 rings (SSSR count). The van der Waals surface area contributed by atoms with Gasteiger partial charge in [0.15, 0.2) is 11.6 Å². The van der Waals surface area contributed by atoms with E-state index < -0.39 is 35.3 Å². The van der Waals surface area contributed by atoms with Crippen LogP contribution in [-0.4, -0.2) is 47.5 Å². The quantitative estimate of drug-likeness (QED) is 0.729. The molecule has 1 unspecified atom stereocenters. The maximum absolute atomic E-state index is 14.8. The minimum absolute atomic E-state index is 0.114. The molecule has 2 heterocycles. The fourth-order valence-electron chi connectivity index (χ4n) is 3.71. The minimum atomic E-state index is -1.05. The lowest BCUT2D eigenvalue weighted by Gasteiger charge is -2.33. The lowest BCUT2D eigenvalue weighted by molar-refractivity contribution is -0.133. The molecule has 2 saturated heterocycles. The van der Waals surface area contributed by atoms with E-state index in [1.54, 1.807) is 25.7 Å². The van der Waals surface area contributed by atoms with Crippen LogP contribution in [0.5, 0.6) is 0 Å². The van der Waals surface area contributed by atoms with Gasteiger partial charge >= 0.3 is 6.09 Å². The normalized spacial score (nSPS) is 20.7. The fraction of sp³-hybridized carbons (Fsp3) is 0.571. The van der Waals surface area contributed by atoms with E-state index in [2.05, 4.69) is 10.6 Å². The van der Waals surface area contributed by atoms with E-state index in [0.29, 0.717) is 25.9 Å². The molecular formula is C21H27F2N3O4.